The number of carbonyl (C=O) groups is 4. The van der Waals surface area contributed by atoms with Crippen molar-refractivity contribution in [3.05, 3.63) is 192 Å². The molecule has 0 aromatic heterocycles. The summed E-state index contributed by atoms with van der Waals surface area (Å²) < 4.78 is 23.6. The molecule has 0 fully saturated rings. The van der Waals surface area contributed by atoms with Crippen molar-refractivity contribution in [1.29, 1.82) is 0 Å². The molecule has 8 rings (SSSR count). The number of rotatable bonds is 37. The lowest BCUT2D eigenvalue weighted by molar-refractivity contribution is -0.112. The molecule has 8 nitrogen and oxygen atoms in total. The predicted molar refractivity (Wildman–Crippen MR) is 368 cm³/mol. The standard InChI is InChI=1S/C78H90O8S2/c1-5-7-9-11-13-15-17-21-49-83-71-43-37-61(38-44-71)59-25-29-63(30-26-59)75(79)85-73-47-41-67-53-65(33-35-69(67)55-73)57(3)77(81)87-51-23-19-20-24-52-88-78(82)58(4)66-34-36-70-56-74(48-42-68(70)54-66)86-76(80)64-31-27-60(28-32-64)62-39-45-72(46-40-62)84-50-22-18-16-14-12-10-8-6-2/h25-48,53-58H,5-24,49-52H2,1-4H3. The highest BCUT2D eigenvalue weighted by molar-refractivity contribution is 8.14. The third kappa shape index (κ3) is 21.3. The first-order chi connectivity index (χ1) is 43.0. The second-order valence-electron chi connectivity index (χ2n) is 23.4. The summed E-state index contributed by atoms with van der Waals surface area (Å²) in [6.07, 6.45) is 24.2. The molecule has 10 heteroatoms. The number of carbonyl (C=O) groups excluding carboxylic acids is 4. The van der Waals surface area contributed by atoms with Gasteiger partial charge in [-0.2, -0.15) is 0 Å². The van der Waals surface area contributed by atoms with Crippen molar-refractivity contribution in [2.45, 2.75) is 168 Å². The average molecular weight is 1220 g/mol. The summed E-state index contributed by atoms with van der Waals surface area (Å²) in [6.45, 7) is 9.89. The zero-order chi connectivity index (χ0) is 61.7. The van der Waals surface area contributed by atoms with E-state index in [1.54, 1.807) is 36.4 Å². The minimum atomic E-state index is -0.424. The zero-order valence-corrected chi connectivity index (χ0v) is 54.0. The van der Waals surface area contributed by atoms with Crippen LogP contribution in [-0.2, 0) is 9.59 Å². The smallest absolute Gasteiger partial charge is 0.343 e. The molecule has 0 bridgehead atoms. The summed E-state index contributed by atoms with van der Waals surface area (Å²) in [5, 5.41) is 4.08. The van der Waals surface area contributed by atoms with Crippen LogP contribution in [0.2, 0.25) is 0 Å². The molecule has 8 aromatic rings. The fraction of sp³-hybridized carbons (Fsp3) is 0.385. The van der Waals surface area contributed by atoms with Crippen LogP contribution in [0.5, 0.6) is 23.0 Å². The van der Waals surface area contributed by atoms with Crippen molar-refractivity contribution in [3.8, 4) is 45.3 Å². The van der Waals surface area contributed by atoms with E-state index in [4.69, 9.17) is 18.9 Å². The lowest BCUT2D eigenvalue weighted by atomic mass is 9.98. The highest BCUT2D eigenvalue weighted by Crippen LogP contribution is 2.32. The van der Waals surface area contributed by atoms with Crippen LogP contribution >= 0.6 is 23.5 Å². The molecule has 0 spiro atoms. The summed E-state index contributed by atoms with van der Waals surface area (Å²) in [4.78, 5) is 53.0. The quantitative estimate of drug-likeness (QED) is 0.0212. The van der Waals surface area contributed by atoms with Gasteiger partial charge in [0.25, 0.3) is 0 Å². The maximum Gasteiger partial charge on any atom is 0.343 e. The maximum absolute atomic E-state index is 13.3. The van der Waals surface area contributed by atoms with E-state index in [0.717, 1.165) is 130 Å². The molecule has 0 amide bonds. The number of esters is 2. The molecule has 0 aliphatic rings. The first-order valence-corrected chi connectivity index (χ1v) is 34.5. The minimum Gasteiger partial charge on any atom is -0.494 e. The van der Waals surface area contributed by atoms with Gasteiger partial charge in [-0.15, -0.1) is 0 Å². The molecule has 462 valence electrons. The lowest BCUT2D eigenvalue weighted by Gasteiger charge is -2.13. The Morgan fingerprint density at radius 2 is 0.625 bits per heavy atom. The molecule has 2 atom stereocenters. The minimum absolute atomic E-state index is 0.143. The van der Waals surface area contributed by atoms with Crippen molar-refractivity contribution in [3.63, 3.8) is 0 Å². The highest BCUT2D eigenvalue weighted by Gasteiger charge is 2.19. The number of thioether (sulfide) groups is 2. The van der Waals surface area contributed by atoms with E-state index in [9.17, 15) is 19.2 Å². The molecule has 2 unspecified atom stereocenters. The number of benzene rings is 8. The molecular formula is C78H90O8S2. The topological polar surface area (TPSA) is 105 Å². The van der Waals surface area contributed by atoms with Crippen LogP contribution < -0.4 is 18.9 Å². The van der Waals surface area contributed by atoms with Gasteiger partial charge in [-0.25, -0.2) is 9.59 Å². The molecule has 0 saturated carbocycles. The van der Waals surface area contributed by atoms with Crippen molar-refractivity contribution in [2.75, 3.05) is 24.7 Å². The summed E-state index contributed by atoms with van der Waals surface area (Å²) in [7, 11) is 0. The molecular weight excluding hydrogens is 1130 g/mol. The fourth-order valence-electron chi connectivity index (χ4n) is 10.8. The van der Waals surface area contributed by atoms with Crippen molar-refractivity contribution in [2.24, 2.45) is 0 Å². The van der Waals surface area contributed by atoms with Gasteiger partial charge in [-0.1, -0.05) is 251 Å². The Labute approximate surface area is 532 Å². The Morgan fingerprint density at radius 1 is 0.330 bits per heavy atom. The van der Waals surface area contributed by atoms with Gasteiger partial charge in [0.05, 0.1) is 36.2 Å². The van der Waals surface area contributed by atoms with Crippen LogP contribution in [0.15, 0.2) is 170 Å². The summed E-state index contributed by atoms with van der Waals surface area (Å²) in [5.74, 6) is 2.80. The Kier molecular flexibility index (Phi) is 27.6. The van der Waals surface area contributed by atoms with E-state index in [1.807, 2.05) is 123 Å². The Balaban J connectivity index is 0.680. The van der Waals surface area contributed by atoms with Gasteiger partial charge in [0.1, 0.15) is 23.0 Å². The van der Waals surface area contributed by atoms with Crippen LogP contribution in [0.1, 0.15) is 200 Å². The van der Waals surface area contributed by atoms with E-state index in [0.29, 0.717) is 22.6 Å². The van der Waals surface area contributed by atoms with Crippen LogP contribution in [-0.4, -0.2) is 46.9 Å². The molecule has 0 aliphatic carbocycles. The molecule has 8 aromatic carbocycles. The molecule has 0 radical (unpaired) electrons. The van der Waals surface area contributed by atoms with Gasteiger partial charge in [-0.3, -0.25) is 9.59 Å². The number of hydrogen-bond donors (Lipinski definition) is 0. The number of fused-ring (bicyclic) bond motifs is 2. The zero-order valence-electron chi connectivity index (χ0n) is 52.4. The van der Waals surface area contributed by atoms with Crippen molar-refractivity contribution < 1.29 is 38.1 Å². The Morgan fingerprint density at radius 3 is 0.989 bits per heavy atom. The Bertz CT molecular complexity index is 3220. The monoisotopic (exact) mass is 1220 g/mol. The van der Waals surface area contributed by atoms with Gasteiger partial charge in [-0.05, 0) is 153 Å². The third-order valence-corrected chi connectivity index (χ3v) is 18.7. The second-order valence-corrected chi connectivity index (χ2v) is 25.6. The van der Waals surface area contributed by atoms with Crippen molar-refractivity contribution >= 4 is 67.2 Å². The number of unbranched alkanes of at least 4 members (excludes halogenated alkanes) is 17. The SMILES string of the molecule is CCCCCCCCCCOc1ccc(-c2ccc(C(=O)Oc3ccc4cc(C(C)C(=O)SCCCCCCSC(=O)C(C)c5ccc6cc(OC(=O)c7ccc(-c8ccc(OCCCCCCCCCC)cc8)cc7)ccc6c5)ccc4c3)cc2)cc1. The molecule has 0 heterocycles. The van der Waals surface area contributed by atoms with E-state index in [1.165, 1.54) is 113 Å². The number of ether oxygens (including phenoxy) is 4. The van der Waals surface area contributed by atoms with E-state index in [2.05, 4.69) is 38.1 Å². The fourth-order valence-corrected chi connectivity index (χ4v) is 12.7. The largest absolute Gasteiger partial charge is 0.494 e. The van der Waals surface area contributed by atoms with Crippen LogP contribution in [0.4, 0.5) is 0 Å². The van der Waals surface area contributed by atoms with Gasteiger partial charge in [0, 0.05) is 11.5 Å². The van der Waals surface area contributed by atoms with Crippen LogP contribution in [0.3, 0.4) is 0 Å². The van der Waals surface area contributed by atoms with Crippen LogP contribution in [0.25, 0.3) is 43.8 Å². The van der Waals surface area contributed by atoms with Gasteiger partial charge >= 0.3 is 11.9 Å². The second kappa shape index (κ2) is 36.4. The average Bonchev–Trinajstić information content (AvgIpc) is 3.49. The third-order valence-electron chi connectivity index (χ3n) is 16.5. The van der Waals surface area contributed by atoms with E-state index >= 15 is 0 Å². The summed E-state index contributed by atoms with van der Waals surface area (Å²) in [6, 6.07) is 54.4. The Hall–Kier alpha value is -7.14. The van der Waals surface area contributed by atoms with E-state index in [-0.39, 0.29) is 22.1 Å². The first-order valence-electron chi connectivity index (χ1n) is 32.6. The van der Waals surface area contributed by atoms with Gasteiger partial charge in [0.15, 0.2) is 10.2 Å². The van der Waals surface area contributed by atoms with Gasteiger partial charge in [0.2, 0.25) is 0 Å². The molecule has 0 aliphatic heterocycles. The molecule has 0 saturated heterocycles. The van der Waals surface area contributed by atoms with Crippen molar-refractivity contribution in [1.82, 2.24) is 0 Å². The number of hydrogen-bond acceptors (Lipinski definition) is 10. The van der Waals surface area contributed by atoms with Gasteiger partial charge < -0.3 is 18.9 Å². The summed E-state index contributed by atoms with van der Waals surface area (Å²) in [5.41, 5.74) is 6.96. The summed E-state index contributed by atoms with van der Waals surface area (Å²) >= 11 is 2.78. The normalized spacial score (nSPS) is 12.0. The van der Waals surface area contributed by atoms with E-state index < -0.39 is 11.9 Å². The maximum atomic E-state index is 13.3. The first kappa shape index (κ1) is 66.8. The predicted octanol–water partition coefficient (Wildman–Crippen LogP) is 21.8. The molecule has 0 N–H and O–H groups in total. The lowest BCUT2D eigenvalue weighted by Crippen LogP contribution is -2.08. The highest BCUT2D eigenvalue weighted by atomic mass is 32.2. The molecule has 88 heavy (non-hydrogen) atoms. The van der Waals surface area contributed by atoms with Crippen LogP contribution in [0, 0.1) is 0 Å².